The number of hydrogen-bond acceptors (Lipinski definition) is 5. The van der Waals surface area contributed by atoms with Gasteiger partial charge in [-0.1, -0.05) is 0 Å². The average Bonchev–Trinajstić information content (AvgIpc) is 2.77. The Morgan fingerprint density at radius 1 is 1.40 bits per heavy atom. The van der Waals surface area contributed by atoms with E-state index in [9.17, 15) is 8.42 Å². The van der Waals surface area contributed by atoms with Gasteiger partial charge in [-0.2, -0.15) is 9.40 Å². The number of rotatable bonds is 5. The quantitative estimate of drug-likeness (QED) is 0.809. The van der Waals surface area contributed by atoms with Crippen LogP contribution in [0, 0.1) is 13.8 Å². The van der Waals surface area contributed by atoms with Crippen LogP contribution in [0.4, 0.5) is 0 Å². The Bertz CT molecular complexity index is 528. The van der Waals surface area contributed by atoms with Gasteiger partial charge >= 0.3 is 0 Å². The predicted octanol–water partition coefficient (Wildman–Crippen LogP) is 0.189. The third-order valence-corrected chi connectivity index (χ3v) is 5.67. The van der Waals surface area contributed by atoms with E-state index < -0.39 is 10.0 Å². The van der Waals surface area contributed by atoms with E-state index in [0.29, 0.717) is 43.9 Å². The maximum Gasteiger partial charge on any atom is 0.246 e. The van der Waals surface area contributed by atoms with Gasteiger partial charge in [0.2, 0.25) is 10.0 Å². The summed E-state index contributed by atoms with van der Waals surface area (Å²) in [5, 5.41) is 15.4. The molecule has 1 aromatic heterocycles. The van der Waals surface area contributed by atoms with E-state index >= 15 is 0 Å². The molecule has 1 saturated heterocycles. The highest BCUT2D eigenvalue weighted by molar-refractivity contribution is 7.89. The Morgan fingerprint density at radius 3 is 2.55 bits per heavy atom. The molecule has 0 bridgehead atoms. The van der Waals surface area contributed by atoms with Crippen LogP contribution in [0.15, 0.2) is 4.90 Å². The predicted molar refractivity (Wildman–Crippen MR) is 72.9 cm³/mol. The normalized spacial score (nSPS) is 18.6. The highest BCUT2D eigenvalue weighted by Gasteiger charge is 2.32. The molecule has 1 aromatic rings. The van der Waals surface area contributed by atoms with Crippen LogP contribution in [-0.4, -0.2) is 60.4 Å². The highest BCUT2D eigenvalue weighted by atomic mass is 32.2. The number of aryl methyl sites for hydroxylation is 2. The summed E-state index contributed by atoms with van der Waals surface area (Å²) in [7, 11) is -3.49. The van der Waals surface area contributed by atoms with Gasteiger partial charge in [-0.05, 0) is 26.7 Å². The third kappa shape index (κ3) is 3.03. The Kier molecular flexibility index (Phi) is 4.79. The summed E-state index contributed by atoms with van der Waals surface area (Å²) in [6.45, 7) is 4.56. The maximum absolute atomic E-state index is 12.6. The molecule has 0 aliphatic carbocycles. The van der Waals surface area contributed by atoms with Crippen molar-refractivity contribution in [3.05, 3.63) is 11.4 Å². The number of ether oxygens (including phenoxy) is 1. The van der Waals surface area contributed by atoms with Crippen molar-refractivity contribution in [2.45, 2.75) is 37.7 Å². The second kappa shape index (κ2) is 6.21. The largest absolute Gasteiger partial charge is 0.394 e. The van der Waals surface area contributed by atoms with Gasteiger partial charge in [-0.25, -0.2) is 8.42 Å². The summed E-state index contributed by atoms with van der Waals surface area (Å²) in [4.78, 5) is 0.284. The molecule has 2 rings (SSSR count). The zero-order valence-corrected chi connectivity index (χ0v) is 12.6. The first-order valence-electron chi connectivity index (χ1n) is 6.71. The molecule has 1 aliphatic rings. The minimum Gasteiger partial charge on any atom is -0.394 e. The number of sulfonamides is 1. The first kappa shape index (κ1) is 15.4. The first-order valence-corrected chi connectivity index (χ1v) is 8.15. The first-order chi connectivity index (χ1) is 9.46. The van der Waals surface area contributed by atoms with E-state index in [-0.39, 0.29) is 17.6 Å². The topological polar surface area (TPSA) is 95.5 Å². The van der Waals surface area contributed by atoms with Crippen molar-refractivity contribution >= 4 is 10.0 Å². The fourth-order valence-corrected chi connectivity index (χ4v) is 4.31. The van der Waals surface area contributed by atoms with Crippen LogP contribution in [-0.2, 0) is 14.8 Å². The van der Waals surface area contributed by atoms with Gasteiger partial charge in [0.25, 0.3) is 0 Å². The van der Waals surface area contributed by atoms with E-state index in [0.717, 1.165) is 0 Å². The lowest BCUT2D eigenvalue weighted by Gasteiger charge is -2.31. The van der Waals surface area contributed by atoms with Crippen molar-refractivity contribution in [1.82, 2.24) is 14.5 Å². The minimum atomic E-state index is -3.49. The summed E-state index contributed by atoms with van der Waals surface area (Å²) in [5.41, 5.74) is 1.07. The monoisotopic (exact) mass is 303 g/mol. The van der Waals surface area contributed by atoms with Crippen LogP contribution in [0.3, 0.4) is 0 Å². The second-order valence-electron chi connectivity index (χ2n) is 4.96. The molecule has 1 aliphatic heterocycles. The van der Waals surface area contributed by atoms with Crippen LogP contribution in [0.1, 0.15) is 24.2 Å². The zero-order chi connectivity index (χ0) is 14.8. The van der Waals surface area contributed by atoms with Crippen LogP contribution in [0.2, 0.25) is 0 Å². The molecule has 20 heavy (non-hydrogen) atoms. The van der Waals surface area contributed by atoms with Crippen LogP contribution >= 0.6 is 0 Å². The van der Waals surface area contributed by atoms with Gasteiger partial charge < -0.3 is 9.84 Å². The number of aromatic nitrogens is 2. The van der Waals surface area contributed by atoms with Crippen LogP contribution in [0.5, 0.6) is 0 Å². The molecule has 1 fully saturated rings. The molecule has 114 valence electrons. The van der Waals surface area contributed by atoms with Crippen molar-refractivity contribution in [3.8, 4) is 0 Å². The van der Waals surface area contributed by atoms with Gasteiger partial charge in [0.05, 0.1) is 30.7 Å². The molecule has 2 N–H and O–H groups in total. The number of aliphatic hydroxyl groups is 1. The second-order valence-corrected chi connectivity index (χ2v) is 6.84. The fourth-order valence-electron chi connectivity index (χ4n) is 2.51. The molecule has 0 spiro atoms. The molecule has 2 heterocycles. The van der Waals surface area contributed by atoms with Crippen molar-refractivity contribution in [2.75, 3.05) is 26.3 Å². The number of hydrogen-bond donors (Lipinski definition) is 2. The van der Waals surface area contributed by atoms with E-state index in [1.54, 1.807) is 13.8 Å². The smallest absolute Gasteiger partial charge is 0.246 e. The Morgan fingerprint density at radius 2 is 2.05 bits per heavy atom. The molecule has 7 nitrogen and oxygen atoms in total. The van der Waals surface area contributed by atoms with Gasteiger partial charge in [0, 0.05) is 13.1 Å². The summed E-state index contributed by atoms with van der Waals surface area (Å²) in [6.07, 6.45) is 1.32. The summed E-state index contributed by atoms with van der Waals surface area (Å²) >= 11 is 0. The van der Waals surface area contributed by atoms with Crippen LogP contribution in [0.25, 0.3) is 0 Å². The average molecular weight is 303 g/mol. The van der Waals surface area contributed by atoms with Crippen molar-refractivity contribution in [1.29, 1.82) is 0 Å². The Hall–Kier alpha value is -0.960. The van der Waals surface area contributed by atoms with Crippen molar-refractivity contribution in [3.63, 3.8) is 0 Å². The van der Waals surface area contributed by atoms with Gasteiger partial charge in [-0.15, -0.1) is 0 Å². The van der Waals surface area contributed by atoms with Gasteiger partial charge in [0.1, 0.15) is 4.90 Å². The number of nitrogens with one attached hydrogen (secondary N) is 1. The standard InChI is InChI=1S/C12H21N3O4S/c1-9-12(10(2)14-13-9)20(17,18)15-5-3-11(4-6-15)19-8-7-16/h11,16H,3-8H2,1-2H3,(H,13,14). The van der Waals surface area contributed by atoms with Crippen molar-refractivity contribution in [2.24, 2.45) is 0 Å². The Labute approximate surface area is 119 Å². The fraction of sp³-hybridized carbons (Fsp3) is 0.750. The van der Waals surface area contributed by atoms with E-state index in [2.05, 4.69) is 10.2 Å². The number of piperidine rings is 1. The Balaban J connectivity index is 2.06. The number of aliphatic hydroxyl groups excluding tert-OH is 1. The molecule has 8 heteroatoms. The number of nitrogens with zero attached hydrogens (tertiary/aromatic N) is 2. The summed E-state index contributed by atoms with van der Waals surface area (Å²) in [5.74, 6) is 0. The lowest BCUT2D eigenvalue weighted by atomic mass is 10.1. The number of aromatic amines is 1. The molecule has 0 unspecified atom stereocenters. The highest BCUT2D eigenvalue weighted by Crippen LogP contribution is 2.25. The lowest BCUT2D eigenvalue weighted by Crippen LogP contribution is -2.41. The molecule has 0 amide bonds. The van der Waals surface area contributed by atoms with E-state index in [1.165, 1.54) is 4.31 Å². The molecule has 0 aromatic carbocycles. The van der Waals surface area contributed by atoms with Crippen LogP contribution < -0.4 is 0 Å². The summed E-state index contributed by atoms with van der Waals surface area (Å²) < 4.78 is 32.1. The zero-order valence-electron chi connectivity index (χ0n) is 11.8. The molecular weight excluding hydrogens is 282 g/mol. The van der Waals surface area contributed by atoms with Gasteiger partial charge in [0.15, 0.2) is 0 Å². The maximum atomic E-state index is 12.6. The third-order valence-electron chi connectivity index (χ3n) is 3.50. The minimum absolute atomic E-state index is 0.00801. The molecule has 0 saturated carbocycles. The summed E-state index contributed by atoms with van der Waals surface area (Å²) in [6, 6.07) is 0. The molecular formula is C12H21N3O4S. The molecule has 0 atom stereocenters. The molecule has 0 radical (unpaired) electrons. The van der Waals surface area contributed by atoms with Gasteiger partial charge in [-0.3, -0.25) is 5.10 Å². The van der Waals surface area contributed by atoms with Crippen molar-refractivity contribution < 1.29 is 18.3 Å². The van der Waals surface area contributed by atoms with E-state index in [1.807, 2.05) is 0 Å². The van der Waals surface area contributed by atoms with E-state index in [4.69, 9.17) is 9.84 Å². The lowest BCUT2D eigenvalue weighted by molar-refractivity contribution is 0.00318. The SMILES string of the molecule is Cc1n[nH]c(C)c1S(=O)(=O)N1CCC(OCCO)CC1. The number of H-pyrrole nitrogens is 1.